The largest absolute Gasteiger partial charge is 0.436 e. The molecule has 0 spiro atoms. The van der Waals surface area contributed by atoms with Gasteiger partial charge in [-0.25, -0.2) is 9.97 Å². The van der Waals surface area contributed by atoms with E-state index in [1.54, 1.807) is 6.07 Å². The number of nitriles is 1. The molecule has 138 valence electrons. The van der Waals surface area contributed by atoms with Crippen molar-refractivity contribution in [1.82, 2.24) is 29.9 Å². The van der Waals surface area contributed by atoms with E-state index in [1.807, 2.05) is 13.0 Å². The maximum absolute atomic E-state index is 9.06. The normalized spacial score (nSPS) is 10.6. The highest BCUT2D eigenvalue weighted by Crippen LogP contribution is 2.37. The maximum atomic E-state index is 9.06. The van der Waals surface area contributed by atoms with Crippen LogP contribution in [0.1, 0.15) is 18.2 Å². The average molecular weight is 394 g/mol. The molecule has 9 nitrogen and oxygen atoms in total. The van der Waals surface area contributed by atoms with Gasteiger partial charge in [-0.15, -0.1) is 0 Å². The minimum absolute atomic E-state index is 0.0299. The number of nitrogens with zero attached hydrogens (tertiary/aromatic N) is 6. The number of fused-ring (bicyclic) bond motifs is 1. The van der Waals surface area contributed by atoms with Crippen molar-refractivity contribution in [3.8, 4) is 29.5 Å². The van der Waals surface area contributed by atoms with E-state index in [0.29, 0.717) is 39.5 Å². The Labute approximate surface area is 164 Å². The number of pyridine rings is 1. The fourth-order valence-corrected chi connectivity index (χ4v) is 2.86. The molecule has 1 N–H and O–H groups in total. The molecule has 0 amide bonds. The van der Waals surface area contributed by atoms with Gasteiger partial charge in [0.1, 0.15) is 29.2 Å². The fraction of sp³-hybridized carbons (Fsp3) is 0.111. The SMILES string of the molecule is CCc1[nH]c2nc(Oc3cncnc3)nc(Oc3cncc(C#N)c3)c2c1Cl. The highest BCUT2D eigenvalue weighted by Gasteiger charge is 2.19. The summed E-state index contributed by atoms with van der Waals surface area (Å²) >= 11 is 6.48. The Morgan fingerprint density at radius 1 is 1.07 bits per heavy atom. The number of aromatic nitrogens is 6. The van der Waals surface area contributed by atoms with Gasteiger partial charge in [-0.1, -0.05) is 18.5 Å². The van der Waals surface area contributed by atoms with Crippen molar-refractivity contribution in [3.63, 3.8) is 0 Å². The first-order valence-corrected chi connectivity index (χ1v) is 8.59. The quantitative estimate of drug-likeness (QED) is 0.542. The van der Waals surface area contributed by atoms with E-state index < -0.39 is 0 Å². The Balaban J connectivity index is 1.81. The van der Waals surface area contributed by atoms with E-state index in [4.69, 9.17) is 26.3 Å². The third kappa shape index (κ3) is 3.41. The summed E-state index contributed by atoms with van der Waals surface area (Å²) in [4.78, 5) is 23.6. The molecule has 0 aliphatic carbocycles. The summed E-state index contributed by atoms with van der Waals surface area (Å²) in [6.07, 6.45) is 7.94. The predicted molar refractivity (Wildman–Crippen MR) is 99.4 cm³/mol. The highest BCUT2D eigenvalue weighted by atomic mass is 35.5. The van der Waals surface area contributed by atoms with E-state index in [2.05, 4.69) is 29.9 Å². The lowest BCUT2D eigenvalue weighted by molar-refractivity contribution is 0.414. The standard InChI is InChI=1S/C18H12ClN7O2/c1-2-13-15(19)14-16(24-13)25-18(28-12-7-22-9-23-8-12)26-17(14)27-11-3-10(4-20)5-21-6-11/h3,5-9H,2H2,1H3,(H,24,25,26). The first-order valence-electron chi connectivity index (χ1n) is 8.22. The number of H-pyrrole nitrogens is 1. The summed E-state index contributed by atoms with van der Waals surface area (Å²) in [6.45, 7) is 1.96. The molecule has 4 rings (SSSR count). The second-order valence-corrected chi connectivity index (χ2v) is 5.98. The highest BCUT2D eigenvalue weighted by molar-refractivity contribution is 6.36. The summed E-state index contributed by atoms with van der Waals surface area (Å²) in [5.41, 5.74) is 1.61. The van der Waals surface area contributed by atoms with E-state index >= 15 is 0 Å². The van der Waals surface area contributed by atoms with Crippen LogP contribution in [-0.4, -0.2) is 29.9 Å². The van der Waals surface area contributed by atoms with Crippen LogP contribution in [0.15, 0.2) is 37.2 Å². The van der Waals surface area contributed by atoms with Crippen molar-refractivity contribution in [2.75, 3.05) is 0 Å². The zero-order chi connectivity index (χ0) is 19.5. The van der Waals surface area contributed by atoms with Gasteiger partial charge in [0.25, 0.3) is 0 Å². The molecule has 0 radical (unpaired) electrons. The molecule has 28 heavy (non-hydrogen) atoms. The molecule has 4 heterocycles. The minimum atomic E-state index is 0.0299. The van der Waals surface area contributed by atoms with E-state index in [9.17, 15) is 0 Å². The Hall–Kier alpha value is -3.77. The van der Waals surface area contributed by atoms with E-state index in [-0.39, 0.29) is 11.9 Å². The van der Waals surface area contributed by atoms with Gasteiger partial charge in [-0.05, 0) is 6.42 Å². The lowest BCUT2D eigenvalue weighted by Gasteiger charge is -2.08. The van der Waals surface area contributed by atoms with Crippen molar-refractivity contribution in [1.29, 1.82) is 5.26 Å². The van der Waals surface area contributed by atoms with Crippen LogP contribution >= 0.6 is 11.6 Å². The van der Waals surface area contributed by atoms with E-state index in [0.717, 1.165) is 5.69 Å². The van der Waals surface area contributed by atoms with Crippen LogP contribution in [0.25, 0.3) is 11.0 Å². The number of rotatable bonds is 5. The number of nitrogens with one attached hydrogen (secondary N) is 1. The molecule has 0 saturated heterocycles. The maximum Gasteiger partial charge on any atom is 0.327 e. The molecule has 4 aromatic rings. The summed E-state index contributed by atoms with van der Waals surface area (Å²) in [5, 5.41) is 10.0. The van der Waals surface area contributed by atoms with Crippen LogP contribution in [0.2, 0.25) is 5.02 Å². The third-order valence-corrected chi connectivity index (χ3v) is 4.18. The number of hydrogen-bond donors (Lipinski definition) is 1. The fourth-order valence-electron chi connectivity index (χ4n) is 2.51. The van der Waals surface area contributed by atoms with Gasteiger partial charge >= 0.3 is 6.01 Å². The smallest absolute Gasteiger partial charge is 0.327 e. The topological polar surface area (TPSA) is 122 Å². The minimum Gasteiger partial charge on any atom is -0.436 e. The van der Waals surface area contributed by atoms with Crippen LogP contribution in [0.4, 0.5) is 0 Å². The summed E-state index contributed by atoms with van der Waals surface area (Å²) in [6, 6.07) is 3.59. The predicted octanol–water partition coefficient (Wildman–Crippen LogP) is 3.81. The molecule has 0 aliphatic rings. The summed E-state index contributed by atoms with van der Waals surface area (Å²) in [5.74, 6) is 0.882. The van der Waals surface area contributed by atoms with Crippen molar-refractivity contribution in [2.24, 2.45) is 0 Å². The summed E-state index contributed by atoms with van der Waals surface area (Å²) < 4.78 is 11.5. The van der Waals surface area contributed by atoms with Gasteiger partial charge in [0.2, 0.25) is 5.88 Å². The molecular formula is C18H12ClN7O2. The molecular weight excluding hydrogens is 382 g/mol. The van der Waals surface area contributed by atoms with Crippen molar-refractivity contribution in [2.45, 2.75) is 13.3 Å². The van der Waals surface area contributed by atoms with Crippen molar-refractivity contribution >= 4 is 22.6 Å². The number of aromatic amines is 1. The molecule has 10 heteroatoms. The van der Waals surface area contributed by atoms with E-state index in [1.165, 1.54) is 31.1 Å². The number of ether oxygens (including phenoxy) is 2. The molecule has 0 fully saturated rings. The second-order valence-electron chi connectivity index (χ2n) is 5.61. The molecule has 0 unspecified atom stereocenters. The van der Waals surface area contributed by atoms with Gasteiger partial charge in [0.15, 0.2) is 5.75 Å². The van der Waals surface area contributed by atoms with Gasteiger partial charge in [0.05, 0.1) is 29.2 Å². The van der Waals surface area contributed by atoms with Crippen LogP contribution < -0.4 is 9.47 Å². The van der Waals surface area contributed by atoms with Gasteiger partial charge in [0, 0.05) is 18.0 Å². The lowest BCUT2D eigenvalue weighted by atomic mass is 10.3. The summed E-state index contributed by atoms with van der Waals surface area (Å²) in [7, 11) is 0. The molecule has 0 saturated carbocycles. The third-order valence-electron chi connectivity index (χ3n) is 3.77. The Bertz CT molecular complexity index is 1190. The Morgan fingerprint density at radius 3 is 2.61 bits per heavy atom. The second kappa shape index (κ2) is 7.46. The van der Waals surface area contributed by atoms with Crippen molar-refractivity contribution in [3.05, 3.63) is 53.5 Å². The first kappa shape index (κ1) is 17.6. The average Bonchev–Trinajstić information content (AvgIpc) is 3.04. The van der Waals surface area contributed by atoms with Gasteiger partial charge in [-0.3, -0.25) is 4.98 Å². The molecule has 4 aromatic heterocycles. The monoisotopic (exact) mass is 393 g/mol. The number of halogens is 1. The number of aryl methyl sites for hydroxylation is 1. The van der Waals surface area contributed by atoms with Crippen LogP contribution in [-0.2, 0) is 6.42 Å². The first-order chi connectivity index (χ1) is 13.7. The van der Waals surface area contributed by atoms with Crippen LogP contribution in [0.3, 0.4) is 0 Å². The van der Waals surface area contributed by atoms with Gasteiger partial charge < -0.3 is 14.5 Å². The van der Waals surface area contributed by atoms with Crippen molar-refractivity contribution < 1.29 is 9.47 Å². The molecule has 0 aliphatic heterocycles. The van der Waals surface area contributed by atoms with Crippen LogP contribution in [0, 0.1) is 11.3 Å². The lowest BCUT2D eigenvalue weighted by Crippen LogP contribution is -1.97. The van der Waals surface area contributed by atoms with Gasteiger partial charge in [-0.2, -0.15) is 15.2 Å². The Morgan fingerprint density at radius 2 is 1.86 bits per heavy atom. The molecule has 0 aromatic carbocycles. The number of hydrogen-bond acceptors (Lipinski definition) is 8. The zero-order valence-corrected chi connectivity index (χ0v) is 15.3. The van der Waals surface area contributed by atoms with Crippen LogP contribution in [0.5, 0.6) is 23.4 Å². The molecule has 0 atom stereocenters. The molecule has 0 bridgehead atoms. The Kier molecular flexibility index (Phi) is 4.70. The zero-order valence-electron chi connectivity index (χ0n) is 14.5.